The Morgan fingerprint density at radius 2 is 2.21 bits per heavy atom. The van der Waals surface area contributed by atoms with Crippen molar-refractivity contribution in [1.29, 1.82) is 0 Å². The van der Waals surface area contributed by atoms with Crippen molar-refractivity contribution < 1.29 is 9.18 Å². The van der Waals surface area contributed by atoms with Crippen LogP contribution in [0.1, 0.15) is 26.2 Å². The van der Waals surface area contributed by atoms with Gasteiger partial charge in [-0.2, -0.15) is 0 Å². The maximum atomic E-state index is 13.0. The van der Waals surface area contributed by atoms with E-state index in [2.05, 4.69) is 17.6 Å². The van der Waals surface area contributed by atoms with Crippen molar-refractivity contribution in [2.45, 2.75) is 26.2 Å². The van der Waals surface area contributed by atoms with E-state index in [9.17, 15) is 9.18 Å². The first-order valence-electron chi connectivity index (χ1n) is 6.91. The first kappa shape index (κ1) is 14.0. The van der Waals surface area contributed by atoms with E-state index in [1.54, 1.807) is 12.1 Å². The van der Waals surface area contributed by atoms with Gasteiger partial charge in [-0.15, -0.1) is 0 Å². The van der Waals surface area contributed by atoms with Gasteiger partial charge >= 0.3 is 0 Å². The van der Waals surface area contributed by atoms with Crippen molar-refractivity contribution in [2.24, 2.45) is 11.8 Å². The number of anilines is 1. The molecular weight excluding hydrogens is 243 g/mol. The average Bonchev–Trinajstić information content (AvgIpc) is 2.39. The zero-order valence-corrected chi connectivity index (χ0v) is 11.3. The Hall–Kier alpha value is -1.42. The van der Waals surface area contributed by atoms with Crippen LogP contribution in [0.15, 0.2) is 24.3 Å². The number of benzene rings is 1. The number of amides is 1. The molecule has 1 unspecified atom stereocenters. The van der Waals surface area contributed by atoms with Crippen molar-refractivity contribution in [1.82, 2.24) is 5.32 Å². The first-order valence-corrected chi connectivity index (χ1v) is 6.91. The Kier molecular flexibility index (Phi) is 4.91. The molecule has 0 aliphatic carbocycles. The molecule has 4 heteroatoms. The Morgan fingerprint density at radius 1 is 1.47 bits per heavy atom. The molecule has 0 aromatic heterocycles. The van der Waals surface area contributed by atoms with Gasteiger partial charge in [0.25, 0.3) is 0 Å². The number of hydrogen-bond donors (Lipinski definition) is 2. The molecule has 2 rings (SSSR count). The van der Waals surface area contributed by atoms with E-state index in [4.69, 9.17) is 0 Å². The third-order valence-electron chi connectivity index (χ3n) is 3.80. The Balaban J connectivity index is 1.83. The van der Waals surface area contributed by atoms with Gasteiger partial charge in [0.2, 0.25) is 5.91 Å². The second kappa shape index (κ2) is 6.66. The van der Waals surface area contributed by atoms with Crippen molar-refractivity contribution in [3.05, 3.63) is 30.1 Å². The largest absolute Gasteiger partial charge is 0.326 e. The van der Waals surface area contributed by atoms with Crippen molar-refractivity contribution in [2.75, 3.05) is 18.4 Å². The minimum atomic E-state index is -0.329. The van der Waals surface area contributed by atoms with Crippen LogP contribution in [0.5, 0.6) is 0 Å². The molecule has 1 atom stereocenters. The Morgan fingerprint density at radius 3 is 2.89 bits per heavy atom. The van der Waals surface area contributed by atoms with E-state index >= 15 is 0 Å². The maximum absolute atomic E-state index is 13.0. The normalized spacial score (nSPS) is 18.0. The van der Waals surface area contributed by atoms with Gasteiger partial charge in [0.15, 0.2) is 0 Å². The molecule has 0 bridgehead atoms. The summed E-state index contributed by atoms with van der Waals surface area (Å²) in [6, 6.07) is 6.01. The highest BCUT2D eigenvalue weighted by molar-refractivity contribution is 5.90. The molecule has 0 radical (unpaired) electrons. The second-order valence-corrected chi connectivity index (χ2v) is 5.33. The zero-order chi connectivity index (χ0) is 13.7. The summed E-state index contributed by atoms with van der Waals surface area (Å²) in [4.78, 5) is 11.9. The van der Waals surface area contributed by atoms with Crippen molar-refractivity contribution in [3.63, 3.8) is 0 Å². The molecule has 3 nitrogen and oxygen atoms in total. The SMILES string of the molecule is CC(CC(=O)Nc1cccc(F)c1)C1CCNCC1. The fourth-order valence-corrected chi connectivity index (χ4v) is 2.65. The molecule has 2 N–H and O–H groups in total. The summed E-state index contributed by atoms with van der Waals surface area (Å²) in [6.07, 6.45) is 2.77. The number of hydrogen-bond acceptors (Lipinski definition) is 2. The molecule has 104 valence electrons. The van der Waals surface area contributed by atoms with Crippen LogP contribution in [-0.2, 0) is 4.79 Å². The van der Waals surface area contributed by atoms with Crippen LogP contribution in [0.2, 0.25) is 0 Å². The summed E-state index contributed by atoms with van der Waals surface area (Å²) < 4.78 is 13.0. The number of carbonyl (C=O) groups is 1. The van der Waals surface area contributed by atoms with E-state index in [0.717, 1.165) is 25.9 Å². The molecule has 1 fully saturated rings. The highest BCUT2D eigenvalue weighted by Gasteiger charge is 2.21. The molecule has 1 aromatic carbocycles. The van der Waals surface area contributed by atoms with E-state index in [1.807, 2.05) is 0 Å². The van der Waals surface area contributed by atoms with Gasteiger partial charge in [-0.05, 0) is 56.0 Å². The summed E-state index contributed by atoms with van der Waals surface area (Å²) in [5.41, 5.74) is 0.530. The van der Waals surface area contributed by atoms with Gasteiger partial charge in [-0.25, -0.2) is 4.39 Å². The molecule has 1 aromatic rings. The fraction of sp³-hybridized carbons (Fsp3) is 0.533. The predicted molar refractivity (Wildman–Crippen MR) is 74.4 cm³/mol. The minimum Gasteiger partial charge on any atom is -0.326 e. The number of nitrogens with one attached hydrogen (secondary N) is 2. The van der Waals surface area contributed by atoms with Gasteiger partial charge in [0.05, 0.1) is 0 Å². The number of piperidine rings is 1. The quantitative estimate of drug-likeness (QED) is 0.878. The van der Waals surface area contributed by atoms with Crippen LogP contribution >= 0.6 is 0 Å². The summed E-state index contributed by atoms with van der Waals surface area (Å²) >= 11 is 0. The van der Waals surface area contributed by atoms with Crippen LogP contribution in [-0.4, -0.2) is 19.0 Å². The van der Waals surface area contributed by atoms with Crippen LogP contribution in [0.4, 0.5) is 10.1 Å². The van der Waals surface area contributed by atoms with Crippen LogP contribution in [0, 0.1) is 17.7 Å². The monoisotopic (exact) mass is 264 g/mol. The predicted octanol–water partition coefficient (Wildman–Crippen LogP) is 2.79. The Labute approximate surface area is 113 Å². The van der Waals surface area contributed by atoms with Crippen molar-refractivity contribution >= 4 is 11.6 Å². The lowest BCUT2D eigenvalue weighted by atomic mass is 9.84. The average molecular weight is 264 g/mol. The molecular formula is C15H21FN2O. The highest BCUT2D eigenvalue weighted by atomic mass is 19.1. The van der Waals surface area contributed by atoms with Crippen LogP contribution in [0.25, 0.3) is 0 Å². The zero-order valence-electron chi connectivity index (χ0n) is 11.3. The summed E-state index contributed by atoms with van der Waals surface area (Å²) in [6.45, 7) is 4.21. The van der Waals surface area contributed by atoms with E-state index in [-0.39, 0.29) is 11.7 Å². The summed E-state index contributed by atoms with van der Waals surface area (Å²) in [5, 5.41) is 6.08. The molecule has 1 heterocycles. The molecule has 0 spiro atoms. The number of carbonyl (C=O) groups excluding carboxylic acids is 1. The molecule has 1 saturated heterocycles. The lowest BCUT2D eigenvalue weighted by molar-refractivity contribution is -0.117. The number of halogens is 1. The number of rotatable bonds is 4. The highest BCUT2D eigenvalue weighted by Crippen LogP contribution is 2.24. The minimum absolute atomic E-state index is 0.0309. The third kappa shape index (κ3) is 4.31. The van der Waals surface area contributed by atoms with E-state index in [0.29, 0.717) is 23.9 Å². The molecule has 1 aliphatic heterocycles. The summed E-state index contributed by atoms with van der Waals surface area (Å²) in [5.74, 6) is 0.621. The van der Waals surface area contributed by atoms with Crippen molar-refractivity contribution in [3.8, 4) is 0 Å². The molecule has 0 saturated carbocycles. The van der Waals surface area contributed by atoms with Gasteiger partial charge in [-0.3, -0.25) is 4.79 Å². The van der Waals surface area contributed by atoms with Gasteiger partial charge in [0.1, 0.15) is 5.82 Å². The van der Waals surface area contributed by atoms with Crippen LogP contribution < -0.4 is 10.6 Å². The molecule has 19 heavy (non-hydrogen) atoms. The topological polar surface area (TPSA) is 41.1 Å². The molecule has 1 amide bonds. The second-order valence-electron chi connectivity index (χ2n) is 5.33. The maximum Gasteiger partial charge on any atom is 0.224 e. The fourth-order valence-electron chi connectivity index (χ4n) is 2.65. The van der Waals surface area contributed by atoms with E-state index in [1.165, 1.54) is 12.1 Å². The van der Waals surface area contributed by atoms with E-state index < -0.39 is 0 Å². The lowest BCUT2D eigenvalue weighted by Gasteiger charge is -2.27. The van der Waals surface area contributed by atoms with Gasteiger partial charge in [0, 0.05) is 12.1 Å². The van der Waals surface area contributed by atoms with Crippen LogP contribution in [0.3, 0.4) is 0 Å². The Bertz CT molecular complexity index is 430. The lowest BCUT2D eigenvalue weighted by Crippen LogP contribution is -2.32. The summed E-state index contributed by atoms with van der Waals surface area (Å²) in [7, 11) is 0. The molecule has 1 aliphatic rings. The standard InChI is InChI=1S/C15H21FN2O/c1-11(12-5-7-17-8-6-12)9-15(19)18-14-4-2-3-13(16)10-14/h2-4,10-12,17H,5-9H2,1H3,(H,18,19). The smallest absolute Gasteiger partial charge is 0.224 e. The first-order chi connectivity index (χ1) is 9.15. The third-order valence-corrected chi connectivity index (χ3v) is 3.80. The van der Waals surface area contributed by atoms with Gasteiger partial charge in [-0.1, -0.05) is 13.0 Å². The van der Waals surface area contributed by atoms with Gasteiger partial charge < -0.3 is 10.6 Å².